The smallest absolute Gasteiger partial charge is 0.0785 e. The summed E-state index contributed by atoms with van der Waals surface area (Å²) >= 11 is 0. The SMILES string of the molecule is CF.Cc1c2ccccc2c(C)c2ccccc12.Cc1ccc(C)cc1.Cc1ccc(C=CC=Cc2ccc(C)cc2)cc1.Cc1ccc(C=Cc2ccc(C)cc2)cc1.Cc1ccc(C=Cc2ccc(C=Cc3ccc(C)cc3)cc2)cc1.Cc1ccc2cc(C)ccc2c1. The summed E-state index contributed by atoms with van der Waals surface area (Å²) in [5.41, 5.74) is 25.7. The molecule has 96 heavy (non-hydrogen) atoms. The van der Waals surface area contributed by atoms with Crippen LogP contribution in [0, 0.1) is 83.1 Å². The predicted molar refractivity (Wildman–Crippen MR) is 426 cm³/mol. The van der Waals surface area contributed by atoms with Crippen molar-refractivity contribution in [3.05, 3.63) is 402 Å². The number of aryl methyl sites for hydroxylation is 12. The largest absolute Gasteiger partial charge is 0.255 e. The van der Waals surface area contributed by atoms with Crippen molar-refractivity contribution in [2.75, 3.05) is 7.18 Å². The monoisotopic (exact) mass is 1250 g/mol. The van der Waals surface area contributed by atoms with Crippen molar-refractivity contribution in [3.63, 3.8) is 0 Å². The second-order valence-electron chi connectivity index (χ2n) is 24.7. The number of rotatable bonds is 9. The molecule has 13 rings (SSSR count). The number of hydrogen-bond donors (Lipinski definition) is 0. The minimum atomic E-state index is 0.500. The van der Waals surface area contributed by atoms with Crippen molar-refractivity contribution in [3.8, 4) is 0 Å². The van der Waals surface area contributed by atoms with Gasteiger partial charge in [-0.1, -0.05) is 395 Å². The molecule has 0 spiro atoms. The lowest BCUT2D eigenvalue weighted by atomic mass is 9.93. The number of alkyl halides is 1. The lowest BCUT2D eigenvalue weighted by Crippen LogP contribution is -1.87. The first-order valence-corrected chi connectivity index (χ1v) is 33.1. The Morgan fingerprint density at radius 1 is 0.177 bits per heavy atom. The van der Waals surface area contributed by atoms with Crippen molar-refractivity contribution in [2.24, 2.45) is 0 Å². The highest BCUT2D eigenvalue weighted by atomic mass is 19.1. The van der Waals surface area contributed by atoms with Gasteiger partial charge in [-0.15, -0.1) is 0 Å². The van der Waals surface area contributed by atoms with E-state index >= 15 is 0 Å². The molecule has 0 fully saturated rings. The van der Waals surface area contributed by atoms with Gasteiger partial charge in [-0.3, -0.25) is 4.39 Å². The molecule has 0 aliphatic rings. The molecule has 0 nitrogen and oxygen atoms in total. The zero-order valence-electron chi connectivity index (χ0n) is 58.7. The average Bonchev–Trinajstić information content (AvgIpc) is 0.771. The first-order valence-electron chi connectivity index (χ1n) is 33.1. The van der Waals surface area contributed by atoms with Crippen molar-refractivity contribution in [1.82, 2.24) is 0 Å². The Bertz CT molecular complexity index is 4260. The fraction of sp³-hybridized carbons (Fsp3) is 0.137. The Labute approximate surface area is 574 Å². The molecule has 0 aromatic heterocycles. The van der Waals surface area contributed by atoms with Crippen LogP contribution in [0.1, 0.15) is 111 Å². The number of allylic oxidation sites excluding steroid dienone is 2. The average molecular weight is 1260 g/mol. The van der Waals surface area contributed by atoms with Gasteiger partial charge < -0.3 is 0 Å². The third kappa shape index (κ3) is 24.6. The van der Waals surface area contributed by atoms with Gasteiger partial charge in [0.25, 0.3) is 0 Å². The summed E-state index contributed by atoms with van der Waals surface area (Å²) in [4.78, 5) is 0. The maximum atomic E-state index is 9.50. The molecule has 13 aromatic rings. The third-order valence-electron chi connectivity index (χ3n) is 16.3. The predicted octanol–water partition coefficient (Wildman–Crippen LogP) is 27.1. The maximum Gasteiger partial charge on any atom is 0.0785 e. The first kappa shape index (κ1) is 72.7. The van der Waals surface area contributed by atoms with E-state index in [1.54, 1.807) is 0 Å². The second-order valence-corrected chi connectivity index (χ2v) is 24.7. The molecule has 0 aliphatic heterocycles. The van der Waals surface area contributed by atoms with Crippen LogP contribution in [0.15, 0.2) is 291 Å². The van der Waals surface area contributed by atoms with E-state index in [9.17, 15) is 4.39 Å². The lowest BCUT2D eigenvalue weighted by molar-refractivity contribution is 0.636. The van der Waals surface area contributed by atoms with Gasteiger partial charge in [-0.05, 0) is 171 Å². The Morgan fingerprint density at radius 3 is 0.531 bits per heavy atom. The van der Waals surface area contributed by atoms with E-state index in [4.69, 9.17) is 0 Å². The summed E-state index contributed by atoms with van der Waals surface area (Å²) in [6.07, 6.45) is 21.3. The van der Waals surface area contributed by atoms with Crippen LogP contribution in [-0.4, -0.2) is 7.18 Å². The zero-order chi connectivity index (χ0) is 68.6. The van der Waals surface area contributed by atoms with Crippen LogP contribution in [0.4, 0.5) is 4.39 Å². The van der Waals surface area contributed by atoms with Gasteiger partial charge in [0.05, 0.1) is 7.18 Å². The molecular formula is C95H95F. The van der Waals surface area contributed by atoms with Crippen LogP contribution in [0.2, 0.25) is 0 Å². The summed E-state index contributed by atoms with van der Waals surface area (Å²) in [6.45, 7) is 25.5. The summed E-state index contributed by atoms with van der Waals surface area (Å²) in [6, 6.07) is 98.7. The van der Waals surface area contributed by atoms with Crippen LogP contribution in [0.25, 0.3) is 80.9 Å². The van der Waals surface area contributed by atoms with Crippen LogP contribution in [0.3, 0.4) is 0 Å². The Kier molecular flexibility index (Phi) is 29.1. The minimum absolute atomic E-state index is 0.500. The molecule has 0 saturated heterocycles. The molecule has 0 radical (unpaired) electrons. The highest BCUT2D eigenvalue weighted by molar-refractivity contribution is 6.05. The normalized spacial score (nSPS) is 10.8. The fourth-order valence-corrected chi connectivity index (χ4v) is 10.4. The van der Waals surface area contributed by atoms with Gasteiger partial charge in [0.15, 0.2) is 0 Å². The molecule has 482 valence electrons. The highest BCUT2D eigenvalue weighted by Crippen LogP contribution is 2.31. The quantitative estimate of drug-likeness (QED) is 0.0768. The molecule has 0 amide bonds. The lowest BCUT2D eigenvalue weighted by Gasteiger charge is -2.11. The molecule has 1 heteroatoms. The molecule has 0 aliphatic carbocycles. The second kappa shape index (κ2) is 38.5. The molecule has 0 bridgehead atoms. The van der Waals surface area contributed by atoms with Crippen molar-refractivity contribution >= 4 is 80.9 Å². The van der Waals surface area contributed by atoms with Crippen LogP contribution in [-0.2, 0) is 0 Å². The van der Waals surface area contributed by atoms with E-state index < -0.39 is 0 Å². The number of hydrogen-bond acceptors (Lipinski definition) is 0. The maximum absolute atomic E-state index is 9.50. The topological polar surface area (TPSA) is 0 Å². The van der Waals surface area contributed by atoms with E-state index in [0.717, 1.165) is 0 Å². The van der Waals surface area contributed by atoms with Gasteiger partial charge >= 0.3 is 0 Å². The van der Waals surface area contributed by atoms with Gasteiger partial charge in [0, 0.05) is 0 Å². The standard InChI is InChI=1S/C24H22.C18H18.C16H14.C16H16.C12H12.C8H10.CH3F/c1-19-3-7-21(8-4-19)11-13-23-15-17-24(18-16-23)14-12-22-9-5-20(2)6-10-22;1-15-7-11-17(12-8-15)5-3-4-6-18-13-9-16(2)10-14-18;1-11-13-7-3-5-9-15(13)12(2)16-10-6-4-8-14(11)16;1-13-3-7-15(8-4-13)11-12-16-9-5-14(2)6-10-16;1-9-3-5-12-8-10(2)4-6-11(12)7-9;1-7-3-5-8(2)6-4-7;1-2/h3-18H,1-2H3;3-14H,1-2H3;3-10H,1-2H3;3-12H,1-2H3;3-8H,1-2H3;3-6H,1-2H3;1H3. The van der Waals surface area contributed by atoms with E-state index in [-0.39, 0.29) is 0 Å². The third-order valence-corrected chi connectivity index (χ3v) is 16.3. The fourth-order valence-electron chi connectivity index (χ4n) is 10.4. The van der Waals surface area contributed by atoms with Crippen LogP contribution < -0.4 is 0 Å². The van der Waals surface area contributed by atoms with E-state index in [2.05, 4.69) is 423 Å². The molecule has 13 aromatic carbocycles. The van der Waals surface area contributed by atoms with Crippen LogP contribution in [0.5, 0.6) is 0 Å². The van der Waals surface area contributed by atoms with Crippen LogP contribution >= 0.6 is 0 Å². The van der Waals surface area contributed by atoms with E-state index in [1.165, 1.54) is 144 Å². The minimum Gasteiger partial charge on any atom is -0.255 e. The Hall–Kier alpha value is -10.7. The van der Waals surface area contributed by atoms with Gasteiger partial charge in [-0.2, -0.15) is 0 Å². The summed E-state index contributed by atoms with van der Waals surface area (Å²) in [5.74, 6) is 0. The molecule has 0 atom stereocenters. The van der Waals surface area contributed by atoms with Gasteiger partial charge in [-0.25, -0.2) is 0 Å². The Balaban J connectivity index is 0.000000166. The number of benzene rings is 13. The van der Waals surface area contributed by atoms with Gasteiger partial charge in [0.2, 0.25) is 0 Å². The number of fused-ring (bicyclic) bond motifs is 3. The Morgan fingerprint density at radius 2 is 0.333 bits per heavy atom. The first-order chi connectivity index (χ1) is 46.5. The molecule has 0 N–H and O–H groups in total. The summed E-state index contributed by atoms with van der Waals surface area (Å²) in [7, 11) is 0.500. The summed E-state index contributed by atoms with van der Waals surface area (Å²) in [5, 5.41) is 8.16. The van der Waals surface area contributed by atoms with E-state index in [1.807, 2.05) is 0 Å². The van der Waals surface area contributed by atoms with Crippen molar-refractivity contribution in [1.29, 1.82) is 0 Å². The molecule has 0 unspecified atom stereocenters. The highest BCUT2D eigenvalue weighted by Gasteiger charge is 2.07. The zero-order valence-corrected chi connectivity index (χ0v) is 58.7. The molecular weight excluding hydrogens is 1160 g/mol. The number of halogens is 1. The summed E-state index contributed by atoms with van der Waals surface area (Å²) < 4.78 is 9.50. The van der Waals surface area contributed by atoms with Crippen molar-refractivity contribution in [2.45, 2.75) is 83.1 Å². The van der Waals surface area contributed by atoms with E-state index in [0.29, 0.717) is 7.18 Å². The van der Waals surface area contributed by atoms with Crippen molar-refractivity contribution < 1.29 is 4.39 Å². The molecule has 0 heterocycles. The van der Waals surface area contributed by atoms with Gasteiger partial charge in [0.1, 0.15) is 0 Å². The molecule has 0 saturated carbocycles.